The molecule has 15 nitrogen and oxygen atoms in total. The average Bonchev–Trinajstić information content (AvgIpc) is 3.07. The van der Waals surface area contributed by atoms with Gasteiger partial charge in [-0.1, -0.05) is 0 Å². The van der Waals surface area contributed by atoms with Gasteiger partial charge in [0.15, 0.2) is 12.6 Å². The Hall–Kier alpha value is -0.600. The summed E-state index contributed by atoms with van der Waals surface area (Å²) in [4.78, 5) is 0. The second-order valence-corrected chi connectivity index (χ2v) is 9.34. The molecule has 1 aliphatic carbocycles. The Morgan fingerprint density at radius 1 is 0.794 bits per heavy atom. The summed E-state index contributed by atoms with van der Waals surface area (Å²) in [6, 6.07) is -3.60. The Morgan fingerprint density at radius 2 is 1.35 bits per heavy atom. The zero-order valence-corrected chi connectivity index (χ0v) is 18.7. The number of nitrogens with two attached hydrogens (primary N) is 4. The van der Waals surface area contributed by atoms with Crippen LogP contribution in [0.3, 0.4) is 0 Å². The highest BCUT2D eigenvalue weighted by Gasteiger charge is 2.53. The van der Waals surface area contributed by atoms with Gasteiger partial charge in [0, 0.05) is 18.1 Å². The summed E-state index contributed by atoms with van der Waals surface area (Å²) in [5.74, 6) is 0. The van der Waals surface area contributed by atoms with Crippen molar-refractivity contribution in [2.24, 2.45) is 22.9 Å². The summed E-state index contributed by atoms with van der Waals surface area (Å²) in [7, 11) is 0. The summed E-state index contributed by atoms with van der Waals surface area (Å²) in [5.41, 5.74) is 23.9. The van der Waals surface area contributed by atoms with E-state index in [1.165, 1.54) is 0 Å². The minimum Gasteiger partial charge on any atom is -0.394 e. The van der Waals surface area contributed by atoms with E-state index in [0.29, 0.717) is 0 Å². The molecular weight excluding hydrogens is 460 g/mol. The molecular formula is C19H38N4O11. The van der Waals surface area contributed by atoms with Crippen LogP contribution in [0.25, 0.3) is 0 Å². The van der Waals surface area contributed by atoms with Crippen LogP contribution in [0, 0.1) is 0 Å². The van der Waals surface area contributed by atoms with Crippen LogP contribution in [0.5, 0.6) is 0 Å². The standard InChI is InChI=1S/C19H38N4O11/c1-4(20)14-12(29)13(30)19(31-14)34-17-9(26)5(21)2-6(22)15(17)32-18-8(23)10(27)11(28)16(33-18)7(25)3-24/h4-19,24-30H,2-3,20-23H2,1H3/t4-,5+,6?,7+,8?,9?,10+,11-,12+,13?,14+,15+,16?,17+,18-,19-/m0/s1. The van der Waals surface area contributed by atoms with Crippen molar-refractivity contribution >= 4 is 0 Å². The van der Waals surface area contributed by atoms with E-state index in [-0.39, 0.29) is 6.42 Å². The molecule has 0 spiro atoms. The smallest absolute Gasteiger partial charge is 0.187 e. The normalized spacial score (nSPS) is 51.9. The minimum atomic E-state index is -1.61. The van der Waals surface area contributed by atoms with Crippen molar-refractivity contribution in [1.82, 2.24) is 0 Å². The zero-order chi connectivity index (χ0) is 25.5. The number of hydrogen-bond acceptors (Lipinski definition) is 15. The molecule has 0 bridgehead atoms. The van der Waals surface area contributed by atoms with Gasteiger partial charge < -0.3 is 77.6 Å². The molecule has 2 saturated heterocycles. The SMILES string of the molecule is C[C@H](N)[C@H]1O[C@@H](O[C@@H]2C(O)[C@H](N)CC(N)[C@H]2O[C@H]2OC([C@H](O)CO)[C@@H](O)[C@H](O)C2N)C(O)[C@H]1O. The number of aliphatic hydroxyl groups excluding tert-OH is 7. The molecule has 16 atom stereocenters. The van der Waals surface area contributed by atoms with Crippen molar-refractivity contribution in [3.63, 3.8) is 0 Å². The highest BCUT2D eigenvalue weighted by Crippen LogP contribution is 2.32. The van der Waals surface area contributed by atoms with Crippen molar-refractivity contribution in [3.05, 3.63) is 0 Å². The van der Waals surface area contributed by atoms with Crippen LogP contribution in [-0.2, 0) is 18.9 Å². The van der Waals surface area contributed by atoms with Gasteiger partial charge in [0.1, 0.15) is 54.9 Å². The molecule has 0 radical (unpaired) electrons. The van der Waals surface area contributed by atoms with Crippen molar-refractivity contribution in [2.45, 2.75) is 111 Å². The topological polar surface area (TPSA) is 283 Å². The molecule has 3 rings (SSSR count). The fraction of sp³-hybridized carbons (Fsp3) is 1.00. The maximum atomic E-state index is 10.7. The fourth-order valence-electron chi connectivity index (χ4n) is 4.59. The van der Waals surface area contributed by atoms with Gasteiger partial charge in [0.25, 0.3) is 0 Å². The van der Waals surface area contributed by atoms with E-state index < -0.39 is 104 Å². The molecule has 200 valence electrons. The van der Waals surface area contributed by atoms with Crippen LogP contribution in [0.1, 0.15) is 13.3 Å². The second-order valence-electron chi connectivity index (χ2n) is 9.34. The van der Waals surface area contributed by atoms with Gasteiger partial charge in [-0.2, -0.15) is 0 Å². The number of rotatable bonds is 7. The Labute approximate surface area is 196 Å². The van der Waals surface area contributed by atoms with E-state index in [9.17, 15) is 35.7 Å². The van der Waals surface area contributed by atoms with Gasteiger partial charge in [-0.05, 0) is 13.3 Å². The van der Waals surface area contributed by atoms with Crippen molar-refractivity contribution in [3.8, 4) is 0 Å². The third-order valence-corrected chi connectivity index (χ3v) is 6.68. The monoisotopic (exact) mass is 498 g/mol. The van der Waals surface area contributed by atoms with Gasteiger partial charge in [0.05, 0.1) is 18.8 Å². The molecule has 0 aromatic carbocycles. The Balaban J connectivity index is 1.80. The Kier molecular flexibility index (Phi) is 9.22. The number of ether oxygens (including phenoxy) is 4. The molecule has 0 aromatic rings. The van der Waals surface area contributed by atoms with Gasteiger partial charge in [-0.25, -0.2) is 0 Å². The molecule has 15 N–H and O–H groups in total. The summed E-state index contributed by atoms with van der Waals surface area (Å²) >= 11 is 0. The third-order valence-electron chi connectivity index (χ3n) is 6.68. The lowest BCUT2D eigenvalue weighted by molar-refractivity contribution is -0.317. The first kappa shape index (κ1) is 28.0. The minimum absolute atomic E-state index is 0.0979. The molecule has 2 heterocycles. The molecule has 0 aromatic heterocycles. The molecule has 3 fully saturated rings. The molecule has 0 amide bonds. The number of hydrogen-bond donors (Lipinski definition) is 11. The van der Waals surface area contributed by atoms with Crippen LogP contribution in [0.2, 0.25) is 0 Å². The average molecular weight is 499 g/mol. The van der Waals surface area contributed by atoms with Crippen LogP contribution in [0.15, 0.2) is 0 Å². The van der Waals surface area contributed by atoms with Crippen LogP contribution < -0.4 is 22.9 Å². The van der Waals surface area contributed by atoms with Crippen molar-refractivity contribution in [1.29, 1.82) is 0 Å². The largest absolute Gasteiger partial charge is 0.394 e. The molecule has 34 heavy (non-hydrogen) atoms. The maximum Gasteiger partial charge on any atom is 0.187 e. The molecule has 3 aliphatic rings. The highest BCUT2D eigenvalue weighted by molar-refractivity contribution is 5.02. The van der Waals surface area contributed by atoms with E-state index in [1.54, 1.807) is 6.92 Å². The lowest BCUT2D eigenvalue weighted by Gasteiger charge is -2.47. The highest BCUT2D eigenvalue weighted by atomic mass is 16.7. The lowest BCUT2D eigenvalue weighted by Crippen LogP contribution is -2.68. The Morgan fingerprint density at radius 3 is 1.91 bits per heavy atom. The maximum absolute atomic E-state index is 10.7. The molecule has 2 aliphatic heterocycles. The molecule has 15 heteroatoms. The fourth-order valence-corrected chi connectivity index (χ4v) is 4.59. The zero-order valence-electron chi connectivity index (χ0n) is 18.7. The summed E-state index contributed by atoms with van der Waals surface area (Å²) < 4.78 is 22.7. The van der Waals surface area contributed by atoms with E-state index in [4.69, 9.17) is 41.9 Å². The van der Waals surface area contributed by atoms with Gasteiger partial charge >= 0.3 is 0 Å². The van der Waals surface area contributed by atoms with Crippen LogP contribution in [-0.4, -0.2) is 140 Å². The van der Waals surface area contributed by atoms with Gasteiger partial charge in [-0.15, -0.1) is 0 Å². The van der Waals surface area contributed by atoms with Crippen LogP contribution in [0.4, 0.5) is 0 Å². The number of aliphatic hydroxyl groups is 7. The van der Waals surface area contributed by atoms with Crippen molar-refractivity contribution in [2.75, 3.05) is 6.61 Å². The molecule has 1 saturated carbocycles. The van der Waals surface area contributed by atoms with Crippen molar-refractivity contribution < 1.29 is 54.7 Å². The van der Waals surface area contributed by atoms with Gasteiger partial charge in [0.2, 0.25) is 0 Å². The van der Waals surface area contributed by atoms with Gasteiger partial charge in [-0.3, -0.25) is 0 Å². The van der Waals surface area contributed by atoms with E-state index >= 15 is 0 Å². The summed E-state index contributed by atoms with van der Waals surface area (Å²) in [5, 5.41) is 71.0. The first-order valence-electron chi connectivity index (χ1n) is 11.2. The predicted octanol–water partition coefficient (Wildman–Crippen LogP) is -6.90. The van der Waals surface area contributed by atoms with E-state index in [1.807, 2.05) is 0 Å². The first-order chi connectivity index (χ1) is 15.9. The summed E-state index contributed by atoms with van der Waals surface area (Å²) in [6.45, 7) is 0.813. The molecule has 5 unspecified atom stereocenters. The Bertz CT molecular complexity index is 666. The summed E-state index contributed by atoms with van der Waals surface area (Å²) in [6.07, 6.45) is -16.5. The van der Waals surface area contributed by atoms with Crippen LogP contribution >= 0.6 is 0 Å². The van der Waals surface area contributed by atoms with E-state index in [0.717, 1.165) is 0 Å². The second kappa shape index (κ2) is 11.2. The predicted molar refractivity (Wildman–Crippen MR) is 112 cm³/mol. The first-order valence-corrected chi connectivity index (χ1v) is 11.2. The van der Waals surface area contributed by atoms with E-state index in [2.05, 4.69) is 0 Å². The third kappa shape index (κ3) is 5.39. The quantitative estimate of drug-likeness (QED) is 0.155. The lowest BCUT2D eigenvalue weighted by atomic mass is 9.84.